The highest BCUT2D eigenvalue weighted by atomic mass is 19.4. The zero-order valence-corrected chi connectivity index (χ0v) is 21.4. The number of anilines is 1. The first kappa shape index (κ1) is 25.1. The van der Waals surface area contributed by atoms with Crippen molar-refractivity contribution in [2.24, 2.45) is 7.05 Å². The van der Waals surface area contributed by atoms with Gasteiger partial charge in [-0.2, -0.15) is 13.2 Å². The zero-order valence-electron chi connectivity index (χ0n) is 21.4. The summed E-state index contributed by atoms with van der Waals surface area (Å²) < 4.78 is 52.2. The molecular formula is C27H26F3N7O2. The van der Waals surface area contributed by atoms with Gasteiger partial charge in [0.15, 0.2) is 23.1 Å². The Morgan fingerprint density at radius 1 is 1.08 bits per heavy atom. The monoisotopic (exact) mass is 537 g/mol. The van der Waals surface area contributed by atoms with Crippen molar-refractivity contribution in [3.05, 3.63) is 59.9 Å². The molecule has 2 aliphatic rings. The summed E-state index contributed by atoms with van der Waals surface area (Å²) in [5.41, 5.74) is 2.25. The van der Waals surface area contributed by atoms with E-state index in [1.807, 2.05) is 12.1 Å². The molecule has 0 spiro atoms. The van der Waals surface area contributed by atoms with Crippen molar-refractivity contribution in [2.45, 2.75) is 37.9 Å². The molecular weight excluding hydrogens is 511 g/mol. The molecule has 0 unspecified atom stereocenters. The first-order chi connectivity index (χ1) is 18.8. The topological polar surface area (TPSA) is 91.1 Å². The largest absolute Gasteiger partial charge is 0.488 e. The minimum absolute atomic E-state index is 0.255. The summed E-state index contributed by atoms with van der Waals surface area (Å²) in [6, 6.07) is 7.35. The molecule has 1 fully saturated rings. The number of nitrogens with zero attached hydrogens (tertiary/aromatic N) is 7. The molecule has 39 heavy (non-hydrogen) atoms. The molecule has 1 saturated carbocycles. The fourth-order valence-corrected chi connectivity index (χ4v) is 4.77. The maximum absolute atomic E-state index is 13.1. The van der Waals surface area contributed by atoms with Crippen LogP contribution in [0.15, 0.2) is 43.0 Å². The molecule has 1 aliphatic carbocycles. The van der Waals surface area contributed by atoms with Crippen LogP contribution >= 0.6 is 0 Å². The Kier molecular flexibility index (Phi) is 6.32. The molecule has 0 saturated heterocycles. The molecule has 1 aromatic carbocycles. The SMILES string of the molecule is COc1ncnc(C2CC2)c1-c1ncc2c(n1)N(Cc1ccc(-c3nc(C(F)(F)F)cn3C)cc1)CCCO2. The molecule has 202 valence electrons. The van der Waals surface area contributed by atoms with Gasteiger partial charge in [-0.1, -0.05) is 24.3 Å². The lowest BCUT2D eigenvalue weighted by Crippen LogP contribution is -2.24. The van der Waals surface area contributed by atoms with E-state index >= 15 is 0 Å². The molecule has 0 amide bonds. The minimum Gasteiger partial charge on any atom is -0.488 e. The van der Waals surface area contributed by atoms with E-state index < -0.39 is 11.9 Å². The van der Waals surface area contributed by atoms with E-state index in [4.69, 9.17) is 14.5 Å². The van der Waals surface area contributed by atoms with Crippen molar-refractivity contribution in [3.63, 3.8) is 0 Å². The van der Waals surface area contributed by atoms with Gasteiger partial charge >= 0.3 is 6.18 Å². The van der Waals surface area contributed by atoms with Crippen LogP contribution in [0, 0.1) is 0 Å². The van der Waals surface area contributed by atoms with Gasteiger partial charge in [0.1, 0.15) is 17.7 Å². The van der Waals surface area contributed by atoms with Gasteiger partial charge in [-0.15, -0.1) is 0 Å². The summed E-state index contributed by atoms with van der Waals surface area (Å²) in [4.78, 5) is 24.2. The number of rotatable bonds is 6. The van der Waals surface area contributed by atoms with Gasteiger partial charge in [-0.3, -0.25) is 0 Å². The number of methoxy groups -OCH3 is 1. The summed E-state index contributed by atoms with van der Waals surface area (Å²) >= 11 is 0. The van der Waals surface area contributed by atoms with Gasteiger partial charge in [0, 0.05) is 37.8 Å². The van der Waals surface area contributed by atoms with Crippen molar-refractivity contribution >= 4 is 5.82 Å². The maximum Gasteiger partial charge on any atom is 0.434 e. The number of benzene rings is 1. The maximum atomic E-state index is 13.1. The number of alkyl halides is 3. The average Bonchev–Trinajstić information content (AvgIpc) is 3.73. The van der Waals surface area contributed by atoms with Crippen LogP contribution in [0.2, 0.25) is 0 Å². The smallest absolute Gasteiger partial charge is 0.434 e. The molecule has 0 atom stereocenters. The lowest BCUT2D eigenvalue weighted by molar-refractivity contribution is -0.140. The molecule has 3 aromatic heterocycles. The Labute approximate surface area is 222 Å². The second kappa shape index (κ2) is 9.83. The highest BCUT2D eigenvalue weighted by Gasteiger charge is 2.35. The van der Waals surface area contributed by atoms with Crippen LogP contribution in [0.4, 0.5) is 19.0 Å². The molecule has 6 rings (SSSR count). The molecule has 0 N–H and O–H groups in total. The summed E-state index contributed by atoms with van der Waals surface area (Å²) in [6.45, 7) is 1.77. The van der Waals surface area contributed by atoms with Crippen LogP contribution in [0.5, 0.6) is 11.6 Å². The van der Waals surface area contributed by atoms with Crippen molar-refractivity contribution < 1.29 is 22.6 Å². The van der Waals surface area contributed by atoms with Gasteiger partial charge in [0.25, 0.3) is 0 Å². The van der Waals surface area contributed by atoms with Crippen LogP contribution in [0.25, 0.3) is 22.8 Å². The average molecular weight is 538 g/mol. The Morgan fingerprint density at radius 3 is 2.56 bits per heavy atom. The number of aryl methyl sites for hydroxylation is 1. The lowest BCUT2D eigenvalue weighted by atomic mass is 10.1. The number of halogens is 3. The molecule has 4 heterocycles. The van der Waals surface area contributed by atoms with E-state index in [2.05, 4.69) is 24.8 Å². The number of ether oxygens (including phenoxy) is 2. The second-order valence-corrected chi connectivity index (χ2v) is 9.68. The normalized spacial score (nSPS) is 15.5. The van der Waals surface area contributed by atoms with Crippen LogP contribution in [0.3, 0.4) is 0 Å². The standard InChI is InChI=1S/C27H26F3N7O2/c1-36-14-20(27(28,29)30)34-24(36)18-6-4-16(5-7-18)13-37-10-3-11-39-19-12-31-23(35-25(19)37)21-22(17-8-9-17)32-15-33-26(21)38-2/h4-7,12,14-15,17H,3,8-11,13H2,1-2H3. The highest BCUT2D eigenvalue weighted by molar-refractivity contribution is 5.68. The van der Waals surface area contributed by atoms with Gasteiger partial charge < -0.3 is 18.9 Å². The Bertz CT molecular complexity index is 1500. The van der Waals surface area contributed by atoms with Gasteiger partial charge in [-0.25, -0.2) is 24.9 Å². The third-order valence-corrected chi connectivity index (χ3v) is 6.84. The summed E-state index contributed by atoms with van der Waals surface area (Å²) in [6.07, 6.45) is 2.60. The molecule has 1 aliphatic heterocycles. The van der Waals surface area contributed by atoms with E-state index in [1.165, 1.54) is 10.9 Å². The number of fused-ring (bicyclic) bond motifs is 1. The highest BCUT2D eigenvalue weighted by Crippen LogP contribution is 2.45. The first-order valence-electron chi connectivity index (χ1n) is 12.7. The molecule has 4 aromatic rings. The Morgan fingerprint density at radius 2 is 1.87 bits per heavy atom. The van der Waals surface area contributed by atoms with E-state index in [9.17, 15) is 13.2 Å². The van der Waals surface area contributed by atoms with E-state index in [0.717, 1.165) is 36.7 Å². The first-order valence-corrected chi connectivity index (χ1v) is 12.7. The summed E-state index contributed by atoms with van der Waals surface area (Å²) in [7, 11) is 3.12. The fourth-order valence-electron chi connectivity index (χ4n) is 4.77. The molecule has 0 radical (unpaired) electrons. The van der Waals surface area contributed by atoms with Crippen molar-refractivity contribution in [1.82, 2.24) is 29.5 Å². The quantitative estimate of drug-likeness (QED) is 0.338. The van der Waals surface area contributed by atoms with E-state index in [0.29, 0.717) is 60.0 Å². The third kappa shape index (κ3) is 4.98. The number of hydrogen-bond acceptors (Lipinski definition) is 8. The molecule has 9 nitrogen and oxygen atoms in total. The lowest BCUT2D eigenvalue weighted by Gasteiger charge is -2.23. The predicted molar refractivity (Wildman–Crippen MR) is 136 cm³/mol. The van der Waals surface area contributed by atoms with Crippen molar-refractivity contribution in [2.75, 3.05) is 25.2 Å². The van der Waals surface area contributed by atoms with Gasteiger partial charge in [0.2, 0.25) is 5.88 Å². The Hall–Kier alpha value is -4.22. The second-order valence-electron chi connectivity index (χ2n) is 9.68. The van der Waals surface area contributed by atoms with Crippen LogP contribution in [-0.4, -0.2) is 49.7 Å². The van der Waals surface area contributed by atoms with E-state index in [1.54, 1.807) is 32.5 Å². The van der Waals surface area contributed by atoms with Crippen molar-refractivity contribution in [3.8, 4) is 34.4 Å². The predicted octanol–water partition coefficient (Wildman–Crippen LogP) is 5.03. The number of imidazole rings is 1. The molecule has 12 heteroatoms. The Balaban J connectivity index is 1.30. The van der Waals surface area contributed by atoms with Crippen molar-refractivity contribution in [1.29, 1.82) is 0 Å². The summed E-state index contributed by atoms with van der Waals surface area (Å²) in [5.74, 6) is 2.76. The van der Waals surface area contributed by atoms with Crippen LogP contribution in [-0.2, 0) is 19.8 Å². The zero-order chi connectivity index (χ0) is 27.1. The number of aromatic nitrogens is 6. The van der Waals surface area contributed by atoms with Gasteiger partial charge in [-0.05, 0) is 24.8 Å². The van der Waals surface area contributed by atoms with Crippen LogP contribution < -0.4 is 14.4 Å². The van der Waals surface area contributed by atoms with Crippen LogP contribution in [0.1, 0.15) is 42.1 Å². The summed E-state index contributed by atoms with van der Waals surface area (Å²) in [5, 5.41) is 0. The molecule has 0 bridgehead atoms. The van der Waals surface area contributed by atoms with E-state index in [-0.39, 0.29) is 5.82 Å². The number of hydrogen-bond donors (Lipinski definition) is 0. The third-order valence-electron chi connectivity index (χ3n) is 6.84. The van der Waals surface area contributed by atoms with Gasteiger partial charge in [0.05, 0.1) is 25.6 Å². The fraction of sp³-hybridized carbons (Fsp3) is 0.370. The minimum atomic E-state index is -4.49.